The summed E-state index contributed by atoms with van der Waals surface area (Å²) < 4.78 is 11.4. The van der Waals surface area contributed by atoms with Crippen molar-refractivity contribution in [2.45, 2.75) is 99.3 Å². The largest absolute Gasteiger partial charge is 0.494 e. The predicted molar refractivity (Wildman–Crippen MR) is 240 cm³/mol. The average Bonchev–Trinajstić information content (AvgIpc) is 3.97. The van der Waals surface area contributed by atoms with Crippen molar-refractivity contribution in [3.8, 4) is 41.4 Å². The fourth-order valence-corrected chi connectivity index (χ4v) is 9.49. The van der Waals surface area contributed by atoms with E-state index in [2.05, 4.69) is 118 Å². The molecule has 0 fully saturated rings. The van der Waals surface area contributed by atoms with Crippen molar-refractivity contribution in [2.24, 2.45) is 5.92 Å². The topological polar surface area (TPSA) is 21.7 Å². The quantitative estimate of drug-likeness (QED) is 0.0765. The lowest BCUT2D eigenvalue weighted by molar-refractivity contribution is 0.340. The second-order valence-electron chi connectivity index (χ2n) is 14.1. The van der Waals surface area contributed by atoms with Gasteiger partial charge in [-0.25, -0.2) is 0 Å². The molecule has 3 nitrogen and oxygen atoms in total. The SMILES string of the molecule is CCCCCCCCCCC(C)C.CCOc1ccc(N(c2ccc(OCC)cc2)c2ccc(-c3ccc(-c4ccc(-c5ccc(C)s5)s4)s3)cc2)cc1. The van der Waals surface area contributed by atoms with Crippen molar-refractivity contribution in [3.63, 3.8) is 0 Å². The summed E-state index contributed by atoms with van der Waals surface area (Å²) in [6.07, 6.45) is 13.0. The summed E-state index contributed by atoms with van der Waals surface area (Å²) >= 11 is 5.57. The number of rotatable bonds is 19. The third-order valence-corrected chi connectivity index (χ3v) is 12.9. The van der Waals surface area contributed by atoms with E-state index in [1.54, 1.807) is 0 Å². The number of hydrogen-bond acceptors (Lipinski definition) is 6. The molecule has 0 aliphatic rings. The first-order valence-electron chi connectivity index (χ1n) is 20.0. The Morgan fingerprint density at radius 1 is 0.463 bits per heavy atom. The molecule has 3 aromatic carbocycles. The standard InChI is InChI=1S/C35H31NO2S3.C13H28/c1-4-37-29-15-11-27(12-16-29)36(28-13-17-30(18-14-28)38-5-2)26-9-7-25(8-10-26)31-20-21-34(40-31)35-23-22-33(41-35)32-19-6-24(3)39-32;1-4-5-6-7-8-9-10-11-12-13(2)3/h6-23H,4-5H2,1-3H3;13H,4-12H2,1-3H3. The summed E-state index contributed by atoms with van der Waals surface area (Å²) in [7, 11) is 0. The Balaban J connectivity index is 0.000000370. The van der Waals surface area contributed by atoms with E-state index in [9.17, 15) is 0 Å². The molecule has 0 amide bonds. The van der Waals surface area contributed by atoms with Gasteiger partial charge in [-0.1, -0.05) is 90.7 Å². The molecule has 0 saturated heterocycles. The van der Waals surface area contributed by atoms with Gasteiger partial charge in [-0.15, -0.1) is 34.0 Å². The predicted octanol–water partition coefficient (Wildman–Crippen LogP) is 16.6. The number of anilines is 3. The minimum atomic E-state index is 0.649. The Morgan fingerprint density at radius 2 is 0.870 bits per heavy atom. The summed E-state index contributed by atoms with van der Waals surface area (Å²) in [6.45, 7) is 14.4. The molecule has 0 spiro atoms. The number of unbranched alkanes of at least 4 members (excludes halogenated alkanes) is 7. The summed E-state index contributed by atoms with van der Waals surface area (Å²) in [5.41, 5.74) is 4.44. The Bertz CT molecular complexity index is 1870. The van der Waals surface area contributed by atoms with Gasteiger partial charge in [0, 0.05) is 46.3 Å². The molecule has 6 aromatic rings. The van der Waals surface area contributed by atoms with Crippen molar-refractivity contribution in [2.75, 3.05) is 18.1 Å². The zero-order valence-corrected chi connectivity index (χ0v) is 35.7. The maximum Gasteiger partial charge on any atom is 0.119 e. The van der Waals surface area contributed by atoms with Gasteiger partial charge < -0.3 is 14.4 Å². The Labute approximate surface area is 337 Å². The van der Waals surface area contributed by atoms with Gasteiger partial charge in [-0.3, -0.25) is 0 Å². The maximum atomic E-state index is 5.69. The van der Waals surface area contributed by atoms with Crippen LogP contribution >= 0.6 is 34.0 Å². The molecular weight excluding hydrogens is 719 g/mol. The van der Waals surface area contributed by atoms with Crippen LogP contribution in [0.3, 0.4) is 0 Å². The smallest absolute Gasteiger partial charge is 0.119 e. The summed E-state index contributed by atoms with van der Waals surface area (Å²) in [6, 6.07) is 38.7. The lowest BCUT2D eigenvalue weighted by atomic mass is 10.0. The van der Waals surface area contributed by atoms with Crippen LogP contribution in [0, 0.1) is 12.8 Å². The summed E-state index contributed by atoms with van der Waals surface area (Å²) in [5, 5.41) is 0. The highest BCUT2D eigenvalue weighted by Crippen LogP contribution is 2.43. The van der Waals surface area contributed by atoms with Crippen molar-refractivity contribution in [3.05, 3.63) is 114 Å². The molecule has 0 saturated carbocycles. The zero-order valence-electron chi connectivity index (χ0n) is 33.2. The first-order chi connectivity index (χ1) is 26.4. The summed E-state index contributed by atoms with van der Waals surface area (Å²) in [4.78, 5) is 10.2. The van der Waals surface area contributed by atoms with Gasteiger partial charge in [0.2, 0.25) is 0 Å². The number of nitrogens with zero attached hydrogens (tertiary/aromatic N) is 1. The van der Waals surface area contributed by atoms with Crippen LogP contribution in [-0.2, 0) is 0 Å². The normalized spacial score (nSPS) is 11.0. The van der Waals surface area contributed by atoms with Crippen LogP contribution in [0.1, 0.15) is 97.3 Å². The van der Waals surface area contributed by atoms with Gasteiger partial charge in [0.15, 0.2) is 0 Å². The molecule has 54 heavy (non-hydrogen) atoms. The van der Waals surface area contributed by atoms with Gasteiger partial charge in [0.25, 0.3) is 0 Å². The minimum Gasteiger partial charge on any atom is -0.494 e. The Kier molecular flexibility index (Phi) is 16.8. The third kappa shape index (κ3) is 12.3. The van der Waals surface area contributed by atoms with E-state index < -0.39 is 0 Å². The molecule has 3 aromatic heterocycles. The first-order valence-corrected chi connectivity index (χ1v) is 22.5. The molecule has 6 heteroatoms. The monoisotopic (exact) mass is 777 g/mol. The zero-order chi connectivity index (χ0) is 38.1. The molecule has 286 valence electrons. The molecule has 6 rings (SSSR count). The van der Waals surface area contributed by atoms with Gasteiger partial charge in [-0.05, 0) is 129 Å². The fraction of sp³-hybridized carbons (Fsp3) is 0.375. The van der Waals surface area contributed by atoms with E-state index in [4.69, 9.17) is 9.47 Å². The first kappa shape index (κ1) is 41.3. The van der Waals surface area contributed by atoms with Crippen LogP contribution in [0.25, 0.3) is 29.9 Å². The van der Waals surface area contributed by atoms with E-state index in [1.807, 2.05) is 72.1 Å². The van der Waals surface area contributed by atoms with Crippen molar-refractivity contribution >= 4 is 51.1 Å². The Morgan fingerprint density at radius 3 is 1.31 bits per heavy atom. The third-order valence-electron chi connectivity index (χ3n) is 9.29. The Hall–Kier alpha value is -3.84. The lowest BCUT2D eigenvalue weighted by Gasteiger charge is -2.26. The van der Waals surface area contributed by atoms with E-state index in [-0.39, 0.29) is 0 Å². The molecule has 0 atom stereocenters. The highest BCUT2D eigenvalue weighted by atomic mass is 32.1. The van der Waals surface area contributed by atoms with Gasteiger partial charge >= 0.3 is 0 Å². The van der Waals surface area contributed by atoms with E-state index in [1.165, 1.54) is 92.6 Å². The minimum absolute atomic E-state index is 0.649. The van der Waals surface area contributed by atoms with Gasteiger partial charge in [-0.2, -0.15) is 0 Å². The molecular formula is C48H59NO2S3. The van der Waals surface area contributed by atoms with Crippen molar-refractivity contribution in [1.29, 1.82) is 0 Å². The van der Waals surface area contributed by atoms with Crippen molar-refractivity contribution < 1.29 is 9.47 Å². The number of hydrogen-bond donors (Lipinski definition) is 0. The van der Waals surface area contributed by atoms with E-state index in [0.29, 0.717) is 13.2 Å². The maximum absolute atomic E-state index is 5.69. The lowest BCUT2D eigenvalue weighted by Crippen LogP contribution is -2.10. The van der Waals surface area contributed by atoms with Crippen LogP contribution in [-0.4, -0.2) is 13.2 Å². The second-order valence-corrected chi connectivity index (χ2v) is 17.6. The van der Waals surface area contributed by atoms with Crippen LogP contribution in [0.2, 0.25) is 0 Å². The molecule has 0 aliphatic heterocycles. The number of ether oxygens (including phenoxy) is 2. The number of benzene rings is 3. The average molecular weight is 778 g/mol. The molecule has 0 bridgehead atoms. The van der Waals surface area contributed by atoms with E-state index >= 15 is 0 Å². The molecule has 3 heterocycles. The second kappa shape index (κ2) is 21.9. The van der Waals surface area contributed by atoms with Crippen LogP contribution < -0.4 is 14.4 Å². The fourth-order valence-electron chi connectivity index (χ4n) is 6.42. The van der Waals surface area contributed by atoms with Gasteiger partial charge in [0.1, 0.15) is 11.5 Å². The molecule has 0 unspecified atom stereocenters. The van der Waals surface area contributed by atoms with Crippen molar-refractivity contribution in [1.82, 2.24) is 0 Å². The number of thiophene rings is 3. The molecule has 0 N–H and O–H groups in total. The van der Waals surface area contributed by atoms with Crippen LogP contribution in [0.4, 0.5) is 17.1 Å². The molecule has 0 aliphatic carbocycles. The summed E-state index contributed by atoms with van der Waals surface area (Å²) in [5.74, 6) is 2.64. The molecule has 0 radical (unpaired) electrons. The number of aryl methyl sites for hydroxylation is 1. The van der Waals surface area contributed by atoms with Crippen LogP contribution in [0.5, 0.6) is 11.5 Å². The van der Waals surface area contributed by atoms with E-state index in [0.717, 1.165) is 34.5 Å². The highest BCUT2D eigenvalue weighted by molar-refractivity contribution is 7.27. The van der Waals surface area contributed by atoms with Crippen LogP contribution in [0.15, 0.2) is 109 Å². The van der Waals surface area contributed by atoms with Gasteiger partial charge in [0.05, 0.1) is 13.2 Å². The highest BCUT2D eigenvalue weighted by Gasteiger charge is 2.15.